The number of hydrogen-bond donors (Lipinski definition) is 1. The van der Waals surface area contributed by atoms with Gasteiger partial charge in [0.15, 0.2) is 0 Å². The highest BCUT2D eigenvalue weighted by Gasteiger charge is 2.29. The van der Waals surface area contributed by atoms with E-state index in [0.29, 0.717) is 11.3 Å². The molecule has 104 valence electrons. The van der Waals surface area contributed by atoms with E-state index < -0.39 is 0 Å². The fraction of sp³-hybridized carbons (Fsp3) is 0.571. The summed E-state index contributed by atoms with van der Waals surface area (Å²) in [5, 5.41) is 0. The predicted molar refractivity (Wildman–Crippen MR) is 73.1 cm³/mol. The topological polar surface area (TPSA) is 68.5 Å². The van der Waals surface area contributed by atoms with Crippen molar-refractivity contribution in [1.29, 1.82) is 0 Å². The summed E-state index contributed by atoms with van der Waals surface area (Å²) >= 11 is 0. The van der Waals surface area contributed by atoms with Crippen LogP contribution < -0.4 is 10.5 Å². The second kappa shape index (κ2) is 6.02. The molecule has 0 aliphatic heterocycles. The average molecular weight is 263 g/mol. The number of methoxy groups -OCH3 is 1. The van der Waals surface area contributed by atoms with E-state index in [-0.39, 0.29) is 18.0 Å². The molecule has 19 heavy (non-hydrogen) atoms. The Kier molecular flexibility index (Phi) is 4.37. The Morgan fingerprint density at radius 2 is 2.21 bits per heavy atom. The van der Waals surface area contributed by atoms with Crippen LogP contribution in [0.4, 0.5) is 0 Å². The first-order valence-electron chi connectivity index (χ1n) is 6.66. The minimum atomic E-state index is -0.0541. The first kappa shape index (κ1) is 13.8. The summed E-state index contributed by atoms with van der Waals surface area (Å²) in [6, 6.07) is 1.86. The van der Waals surface area contributed by atoms with E-state index in [0.717, 1.165) is 25.7 Å². The molecule has 0 radical (unpaired) electrons. The molecule has 0 aromatic carbocycles. The Morgan fingerprint density at radius 3 is 2.89 bits per heavy atom. The van der Waals surface area contributed by atoms with Gasteiger partial charge >= 0.3 is 0 Å². The third-order valence-electron chi connectivity index (χ3n) is 3.83. The molecule has 0 spiro atoms. The molecule has 1 heterocycles. The molecule has 1 saturated carbocycles. The Bertz CT molecular complexity index is 450. The lowest BCUT2D eigenvalue weighted by atomic mass is 9.90. The number of carbonyl (C=O) groups excluding carboxylic acids is 1. The van der Waals surface area contributed by atoms with Crippen molar-refractivity contribution in [2.24, 2.45) is 5.73 Å². The van der Waals surface area contributed by atoms with Crippen LogP contribution in [0.1, 0.15) is 36.0 Å². The van der Waals surface area contributed by atoms with Crippen molar-refractivity contribution in [3.63, 3.8) is 0 Å². The molecule has 5 heteroatoms. The Balaban J connectivity index is 2.18. The first-order valence-corrected chi connectivity index (χ1v) is 6.66. The van der Waals surface area contributed by atoms with Gasteiger partial charge < -0.3 is 15.4 Å². The highest BCUT2D eigenvalue weighted by atomic mass is 16.5. The molecule has 2 rings (SSSR count). The van der Waals surface area contributed by atoms with Gasteiger partial charge in [-0.25, -0.2) is 0 Å². The molecule has 0 saturated heterocycles. The van der Waals surface area contributed by atoms with Crippen LogP contribution in [0.5, 0.6) is 5.75 Å². The summed E-state index contributed by atoms with van der Waals surface area (Å²) in [7, 11) is 3.36. The Hall–Kier alpha value is -1.62. The van der Waals surface area contributed by atoms with Crippen molar-refractivity contribution in [3.8, 4) is 5.75 Å². The van der Waals surface area contributed by atoms with Crippen molar-refractivity contribution in [2.75, 3.05) is 14.2 Å². The van der Waals surface area contributed by atoms with E-state index in [1.807, 2.05) is 7.05 Å². The van der Waals surface area contributed by atoms with Gasteiger partial charge in [-0.2, -0.15) is 0 Å². The summed E-state index contributed by atoms with van der Waals surface area (Å²) in [4.78, 5) is 18.2. The van der Waals surface area contributed by atoms with Gasteiger partial charge in [-0.15, -0.1) is 0 Å². The second-order valence-corrected chi connectivity index (χ2v) is 5.01. The summed E-state index contributed by atoms with van der Waals surface area (Å²) < 4.78 is 5.19. The summed E-state index contributed by atoms with van der Waals surface area (Å²) in [5.41, 5.74) is 6.67. The van der Waals surface area contributed by atoms with E-state index in [4.69, 9.17) is 10.5 Å². The molecule has 2 unspecified atom stereocenters. The van der Waals surface area contributed by atoms with E-state index in [9.17, 15) is 4.79 Å². The van der Waals surface area contributed by atoms with Crippen LogP contribution in [-0.4, -0.2) is 42.0 Å². The zero-order chi connectivity index (χ0) is 13.8. The van der Waals surface area contributed by atoms with Gasteiger partial charge in [-0.05, 0) is 18.9 Å². The van der Waals surface area contributed by atoms with Crippen molar-refractivity contribution in [2.45, 2.75) is 37.8 Å². The number of rotatable bonds is 3. The molecule has 1 aliphatic carbocycles. The third-order valence-corrected chi connectivity index (χ3v) is 3.83. The van der Waals surface area contributed by atoms with Gasteiger partial charge in [0.2, 0.25) is 0 Å². The number of amides is 1. The first-order chi connectivity index (χ1) is 9.15. The van der Waals surface area contributed by atoms with Gasteiger partial charge in [0.1, 0.15) is 5.75 Å². The van der Waals surface area contributed by atoms with Gasteiger partial charge in [-0.3, -0.25) is 9.78 Å². The van der Waals surface area contributed by atoms with Crippen molar-refractivity contribution < 1.29 is 9.53 Å². The maximum atomic E-state index is 12.5. The zero-order valence-electron chi connectivity index (χ0n) is 11.5. The van der Waals surface area contributed by atoms with Crippen molar-refractivity contribution in [3.05, 3.63) is 24.0 Å². The summed E-state index contributed by atoms with van der Waals surface area (Å²) in [6.07, 6.45) is 7.39. The number of likely N-dealkylation sites (N-methyl/N-ethyl adjacent to an activating group) is 1. The van der Waals surface area contributed by atoms with Crippen molar-refractivity contribution in [1.82, 2.24) is 9.88 Å². The number of ether oxygens (including phenoxy) is 1. The van der Waals surface area contributed by atoms with Gasteiger partial charge in [0, 0.05) is 25.3 Å². The maximum absolute atomic E-state index is 12.5. The molecular formula is C14H21N3O2. The summed E-state index contributed by atoms with van der Waals surface area (Å²) in [5.74, 6) is 0.449. The lowest BCUT2D eigenvalue weighted by molar-refractivity contribution is 0.0668. The van der Waals surface area contributed by atoms with Crippen LogP contribution in [0.3, 0.4) is 0 Å². The van der Waals surface area contributed by atoms with E-state index >= 15 is 0 Å². The number of carbonyl (C=O) groups is 1. The Labute approximate surface area is 113 Å². The lowest BCUT2D eigenvalue weighted by Gasteiger charge is -2.36. The number of aromatic nitrogens is 1. The largest absolute Gasteiger partial charge is 0.494 e. The molecule has 2 N–H and O–H groups in total. The highest BCUT2D eigenvalue weighted by Crippen LogP contribution is 2.24. The normalized spacial score (nSPS) is 22.9. The fourth-order valence-electron chi connectivity index (χ4n) is 2.68. The highest BCUT2D eigenvalue weighted by molar-refractivity contribution is 5.96. The molecular weight excluding hydrogens is 242 g/mol. The van der Waals surface area contributed by atoms with Crippen LogP contribution in [0.25, 0.3) is 0 Å². The average Bonchev–Trinajstić information content (AvgIpc) is 2.46. The molecule has 1 aliphatic rings. The molecule has 1 fully saturated rings. The maximum Gasteiger partial charge on any atom is 0.257 e. The molecule has 1 aromatic rings. The molecule has 5 nitrogen and oxygen atoms in total. The van der Waals surface area contributed by atoms with Crippen molar-refractivity contribution >= 4 is 5.91 Å². The van der Waals surface area contributed by atoms with E-state index in [2.05, 4.69) is 4.98 Å². The van der Waals surface area contributed by atoms with Crippen LogP contribution in [0.15, 0.2) is 18.5 Å². The fourth-order valence-corrected chi connectivity index (χ4v) is 2.68. The molecule has 1 aromatic heterocycles. The van der Waals surface area contributed by atoms with Gasteiger partial charge in [0.25, 0.3) is 5.91 Å². The van der Waals surface area contributed by atoms with E-state index in [1.165, 1.54) is 0 Å². The number of nitrogens with zero attached hydrogens (tertiary/aromatic N) is 2. The van der Waals surface area contributed by atoms with Crippen LogP contribution in [0.2, 0.25) is 0 Å². The monoisotopic (exact) mass is 263 g/mol. The minimum absolute atomic E-state index is 0.0541. The zero-order valence-corrected chi connectivity index (χ0v) is 11.5. The Morgan fingerprint density at radius 1 is 1.47 bits per heavy atom. The standard InChI is InChI=1S/C14H21N3O2/c1-17(12-6-4-3-5-11(12)15)14(18)10-7-8-16-9-13(10)19-2/h7-9,11-12H,3-6,15H2,1-2H3. The third kappa shape index (κ3) is 2.87. The van der Waals surface area contributed by atoms with Crippen LogP contribution in [0, 0.1) is 0 Å². The van der Waals surface area contributed by atoms with E-state index in [1.54, 1.807) is 30.5 Å². The quantitative estimate of drug-likeness (QED) is 0.895. The minimum Gasteiger partial charge on any atom is -0.494 e. The lowest BCUT2D eigenvalue weighted by Crippen LogP contribution is -2.50. The molecule has 1 amide bonds. The second-order valence-electron chi connectivity index (χ2n) is 5.01. The van der Waals surface area contributed by atoms with Gasteiger partial charge in [-0.1, -0.05) is 12.8 Å². The predicted octanol–water partition coefficient (Wildman–Crippen LogP) is 1.43. The number of pyridine rings is 1. The van der Waals surface area contributed by atoms with Gasteiger partial charge in [0.05, 0.1) is 18.9 Å². The molecule has 0 bridgehead atoms. The van der Waals surface area contributed by atoms with Crippen LogP contribution in [-0.2, 0) is 0 Å². The number of nitrogens with two attached hydrogens (primary N) is 1. The number of hydrogen-bond acceptors (Lipinski definition) is 4. The SMILES string of the molecule is COc1cnccc1C(=O)N(C)C1CCCCC1N. The smallest absolute Gasteiger partial charge is 0.257 e. The van der Waals surface area contributed by atoms with Crippen LogP contribution >= 0.6 is 0 Å². The summed E-state index contributed by atoms with van der Waals surface area (Å²) in [6.45, 7) is 0. The molecule has 2 atom stereocenters.